The van der Waals surface area contributed by atoms with Gasteiger partial charge in [0.15, 0.2) is 0 Å². The van der Waals surface area contributed by atoms with E-state index >= 15 is 0 Å². The van der Waals surface area contributed by atoms with Crippen molar-refractivity contribution in [3.63, 3.8) is 0 Å². The van der Waals surface area contributed by atoms with Crippen molar-refractivity contribution >= 4 is 0 Å². The molecule has 0 spiro atoms. The molecule has 0 unspecified atom stereocenters. The normalized spacial score (nSPS) is 27.8. The van der Waals surface area contributed by atoms with Gasteiger partial charge in [0.25, 0.3) is 0 Å². The van der Waals surface area contributed by atoms with Gasteiger partial charge in [0.2, 0.25) is 0 Å². The average Bonchev–Trinajstić information content (AvgIpc) is 2.72. The van der Waals surface area contributed by atoms with Crippen LogP contribution < -0.4 is 5.32 Å². The van der Waals surface area contributed by atoms with Crippen LogP contribution >= 0.6 is 0 Å². The van der Waals surface area contributed by atoms with Gasteiger partial charge in [-0.15, -0.1) is 5.10 Å². The minimum Gasteiger partial charge on any atom is -0.312 e. The molecule has 1 aromatic rings. The van der Waals surface area contributed by atoms with Gasteiger partial charge in [-0.1, -0.05) is 25.0 Å². The van der Waals surface area contributed by atoms with Gasteiger partial charge in [0.05, 0.1) is 12.2 Å². The first kappa shape index (κ1) is 9.65. The van der Waals surface area contributed by atoms with Crippen LogP contribution in [0.2, 0.25) is 0 Å². The Morgan fingerprint density at radius 3 is 3.00 bits per heavy atom. The fraction of sp³-hybridized carbons (Fsp3) is 0.800. The van der Waals surface area contributed by atoms with Gasteiger partial charge < -0.3 is 5.32 Å². The zero-order chi connectivity index (χ0) is 9.80. The molecular formula is C10H18N4. The predicted octanol–water partition coefficient (Wildman–Crippen LogP) is 1.37. The number of aromatic nitrogens is 3. The molecule has 4 heteroatoms. The summed E-state index contributed by atoms with van der Waals surface area (Å²) in [5.41, 5.74) is 0. The Morgan fingerprint density at radius 2 is 2.29 bits per heavy atom. The molecule has 1 heterocycles. The van der Waals surface area contributed by atoms with E-state index < -0.39 is 0 Å². The SMILES string of the molecule is CCN[C@H]1CCCC[C@@H]1n1ccnn1. The van der Waals surface area contributed by atoms with Crippen molar-refractivity contribution in [1.82, 2.24) is 20.3 Å². The summed E-state index contributed by atoms with van der Waals surface area (Å²) >= 11 is 0. The van der Waals surface area contributed by atoms with Gasteiger partial charge in [-0.2, -0.15) is 0 Å². The van der Waals surface area contributed by atoms with Crippen LogP contribution in [-0.4, -0.2) is 27.6 Å². The minimum atomic E-state index is 0.506. The fourth-order valence-electron chi connectivity index (χ4n) is 2.32. The Bertz CT molecular complexity index is 255. The molecule has 0 radical (unpaired) electrons. The standard InChI is InChI=1S/C10H18N4/c1-2-11-9-5-3-4-6-10(9)14-8-7-12-13-14/h7-11H,2-6H2,1H3/t9-,10-/m0/s1. The lowest BCUT2D eigenvalue weighted by atomic mass is 9.90. The third kappa shape index (κ3) is 1.95. The highest BCUT2D eigenvalue weighted by molar-refractivity contribution is 4.85. The van der Waals surface area contributed by atoms with Crippen LogP contribution in [0.1, 0.15) is 38.6 Å². The van der Waals surface area contributed by atoms with Gasteiger partial charge in [0.1, 0.15) is 0 Å². The maximum Gasteiger partial charge on any atom is 0.0693 e. The second-order valence-electron chi connectivity index (χ2n) is 3.90. The monoisotopic (exact) mass is 194 g/mol. The number of nitrogens with one attached hydrogen (secondary N) is 1. The second-order valence-corrected chi connectivity index (χ2v) is 3.90. The molecule has 0 aromatic carbocycles. The van der Waals surface area contributed by atoms with Crippen LogP contribution in [0.3, 0.4) is 0 Å². The summed E-state index contributed by atoms with van der Waals surface area (Å²) in [4.78, 5) is 0. The van der Waals surface area contributed by atoms with Crippen LogP contribution in [0.15, 0.2) is 12.4 Å². The first-order chi connectivity index (χ1) is 6.92. The summed E-state index contributed by atoms with van der Waals surface area (Å²) in [5.74, 6) is 0. The van der Waals surface area contributed by atoms with Crippen LogP contribution in [0.4, 0.5) is 0 Å². The van der Waals surface area contributed by atoms with E-state index in [0.29, 0.717) is 12.1 Å². The molecule has 2 atom stereocenters. The molecule has 1 N–H and O–H groups in total. The van der Waals surface area contributed by atoms with Gasteiger partial charge in [-0.05, 0) is 19.4 Å². The van der Waals surface area contributed by atoms with Crippen molar-refractivity contribution in [2.24, 2.45) is 0 Å². The zero-order valence-electron chi connectivity index (χ0n) is 8.69. The molecule has 1 saturated carbocycles. The number of rotatable bonds is 3. The molecule has 1 aliphatic carbocycles. The van der Waals surface area contributed by atoms with Crippen molar-refractivity contribution in [2.45, 2.75) is 44.7 Å². The van der Waals surface area contributed by atoms with Gasteiger partial charge >= 0.3 is 0 Å². The number of hydrogen-bond acceptors (Lipinski definition) is 3. The highest BCUT2D eigenvalue weighted by atomic mass is 15.4. The summed E-state index contributed by atoms with van der Waals surface area (Å²) < 4.78 is 2.01. The van der Waals surface area contributed by atoms with Crippen LogP contribution in [-0.2, 0) is 0 Å². The molecule has 1 aliphatic rings. The molecular weight excluding hydrogens is 176 g/mol. The van der Waals surface area contributed by atoms with E-state index in [-0.39, 0.29) is 0 Å². The van der Waals surface area contributed by atoms with E-state index in [4.69, 9.17) is 0 Å². The summed E-state index contributed by atoms with van der Waals surface area (Å²) in [6.07, 6.45) is 8.87. The van der Waals surface area contributed by atoms with Gasteiger partial charge in [-0.3, -0.25) is 0 Å². The van der Waals surface area contributed by atoms with Crippen molar-refractivity contribution in [3.8, 4) is 0 Å². The van der Waals surface area contributed by atoms with Gasteiger partial charge in [-0.25, -0.2) is 4.68 Å². The number of nitrogens with zero attached hydrogens (tertiary/aromatic N) is 3. The highest BCUT2D eigenvalue weighted by Gasteiger charge is 2.25. The van der Waals surface area contributed by atoms with E-state index in [1.54, 1.807) is 6.20 Å². The molecule has 4 nitrogen and oxygen atoms in total. The fourth-order valence-corrected chi connectivity index (χ4v) is 2.32. The Kier molecular flexibility index (Phi) is 3.14. The van der Waals surface area contributed by atoms with E-state index in [9.17, 15) is 0 Å². The first-order valence-electron chi connectivity index (χ1n) is 5.51. The second kappa shape index (κ2) is 4.55. The third-order valence-corrected chi connectivity index (χ3v) is 2.98. The van der Waals surface area contributed by atoms with Crippen molar-refractivity contribution in [1.29, 1.82) is 0 Å². The maximum absolute atomic E-state index is 4.10. The molecule has 0 amide bonds. The first-order valence-corrected chi connectivity index (χ1v) is 5.51. The lowest BCUT2D eigenvalue weighted by Gasteiger charge is -2.31. The topological polar surface area (TPSA) is 42.7 Å². The van der Waals surface area contributed by atoms with Crippen LogP contribution in [0.25, 0.3) is 0 Å². The summed E-state index contributed by atoms with van der Waals surface area (Å²) in [5, 5.41) is 11.5. The highest BCUT2D eigenvalue weighted by Crippen LogP contribution is 2.27. The zero-order valence-corrected chi connectivity index (χ0v) is 8.69. The predicted molar refractivity (Wildman–Crippen MR) is 55.0 cm³/mol. The number of hydrogen-bond donors (Lipinski definition) is 1. The van der Waals surface area contributed by atoms with Crippen LogP contribution in [0.5, 0.6) is 0 Å². The van der Waals surface area contributed by atoms with Crippen LogP contribution in [0, 0.1) is 0 Å². The summed E-state index contributed by atoms with van der Waals surface area (Å²) in [6.45, 7) is 3.20. The summed E-state index contributed by atoms with van der Waals surface area (Å²) in [7, 11) is 0. The van der Waals surface area contributed by atoms with E-state index in [1.165, 1.54) is 25.7 Å². The van der Waals surface area contributed by atoms with Gasteiger partial charge in [0, 0.05) is 12.2 Å². The van der Waals surface area contributed by atoms with Crippen molar-refractivity contribution in [3.05, 3.63) is 12.4 Å². The smallest absolute Gasteiger partial charge is 0.0693 e. The largest absolute Gasteiger partial charge is 0.312 e. The number of likely N-dealkylation sites (N-methyl/N-ethyl adjacent to an activating group) is 1. The molecule has 0 saturated heterocycles. The van der Waals surface area contributed by atoms with Crippen molar-refractivity contribution in [2.75, 3.05) is 6.54 Å². The van der Waals surface area contributed by atoms with E-state index in [2.05, 4.69) is 22.6 Å². The quantitative estimate of drug-likeness (QED) is 0.790. The maximum atomic E-state index is 4.10. The molecule has 78 valence electrons. The molecule has 14 heavy (non-hydrogen) atoms. The van der Waals surface area contributed by atoms with E-state index in [1.807, 2.05) is 10.9 Å². The Morgan fingerprint density at radius 1 is 1.43 bits per heavy atom. The lowest BCUT2D eigenvalue weighted by Crippen LogP contribution is -2.39. The van der Waals surface area contributed by atoms with Crippen molar-refractivity contribution < 1.29 is 0 Å². The minimum absolute atomic E-state index is 0.506. The Labute approximate surface area is 84.7 Å². The molecule has 1 fully saturated rings. The Balaban J connectivity index is 2.06. The molecule has 0 aliphatic heterocycles. The molecule has 2 rings (SSSR count). The summed E-state index contributed by atoms with van der Waals surface area (Å²) in [6, 6.07) is 1.08. The molecule has 0 bridgehead atoms. The third-order valence-electron chi connectivity index (χ3n) is 2.98. The lowest BCUT2D eigenvalue weighted by molar-refractivity contribution is 0.247. The average molecular weight is 194 g/mol. The van der Waals surface area contributed by atoms with E-state index in [0.717, 1.165) is 6.54 Å². The Hall–Kier alpha value is -0.900. The molecule has 1 aromatic heterocycles.